The highest BCUT2D eigenvalue weighted by molar-refractivity contribution is 5.10. The molecule has 1 N–H and O–H groups in total. The zero-order chi connectivity index (χ0) is 15.4. The number of hydrogen-bond acceptors (Lipinski definition) is 4. The molecule has 22 heavy (non-hydrogen) atoms. The minimum absolute atomic E-state index is 0.281. The molecule has 0 saturated carbocycles. The van der Waals surface area contributed by atoms with Gasteiger partial charge in [-0.05, 0) is 44.5 Å². The minimum atomic E-state index is -0.420. The van der Waals surface area contributed by atoms with Gasteiger partial charge in [0.25, 0.3) is 0 Å². The lowest BCUT2D eigenvalue weighted by Gasteiger charge is -2.30. The van der Waals surface area contributed by atoms with Gasteiger partial charge in [-0.2, -0.15) is 5.10 Å². The van der Waals surface area contributed by atoms with E-state index in [9.17, 15) is 5.11 Å². The van der Waals surface area contributed by atoms with Gasteiger partial charge in [-0.25, -0.2) is 0 Å². The Kier molecular flexibility index (Phi) is 4.95. The Morgan fingerprint density at radius 3 is 2.95 bits per heavy atom. The van der Waals surface area contributed by atoms with Crippen molar-refractivity contribution < 1.29 is 9.52 Å². The highest BCUT2D eigenvalue weighted by Gasteiger charge is 2.26. The summed E-state index contributed by atoms with van der Waals surface area (Å²) in [5.41, 5.74) is 0. The first-order chi connectivity index (χ1) is 10.7. The van der Waals surface area contributed by atoms with Gasteiger partial charge in [0.2, 0.25) is 0 Å². The first-order valence-corrected chi connectivity index (χ1v) is 8.18. The fraction of sp³-hybridized carbons (Fsp3) is 0.588. The molecule has 120 valence electrons. The first kappa shape index (κ1) is 15.3. The van der Waals surface area contributed by atoms with Crippen molar-refractivity contribution in [1.29, 1.82) is 0 Å². The van der Waals surface area contributed by atoms with Gasteiger partial charge in [0.1, 0.15) is 11.5 Å². The largest absolute Gasteiger partial charge is 0.465 e. The van der Waals surface area contributed by atoms with Crippen LogP contribution in [-0.2, 0) is 6.54 Å². The summed E-state index contributed by atoms with van der Waals surface area (Å²) in [6.07, 6.45) is 7.97. The maximum absolute atomic E-state index is 10.4. The molecule has 2 aromatic heterocycles. The monoisotopic (exact) mass is 303 g/mol. The van der Waals surface area contributed by atoms with E-state index < -0.39 is 6.10 Å². The Labute approximate surface area is 131 Å². The highest BCUT2D eigenvalue weighted by atomic mass is 16.3. The zero-order valence-corrected chi connectivity index (χ0v) is 13.2. The Hall–Kier alpha value is -1.59. The SMILES string of the molecule is Cc1ccc([C@@H]2CCCCCN2C[C@@H](O)Cn2cccn2)o1. The summed E-state index contributed by atoms with van der Waals surface area (Å²) in [6, 6.07) is 6.27. The van der Waals surface area contributed by atoms with E-state index in [1.165, 1.54) is 19.3 Å². The van der Waals surface area contributed by atoms with Crippen molar-refractivity contribution in [3.05, 3.63) is 42.1 Å². The van der Waals surface area contributed by atoms with Crippen LogP contribution in [0.15, 0.2) is 35.0 Å². The average Bonchev–Trinajstić information content (AvgIpc) is 3.08. The average molecular weight is 303 g/mol. The van der Waals surface area contributed by atoms with Crippen LogP contribution < -0.4 is 0 Å². The van der Waals surface area contributed by atoms with Crippen LogP contribution in [0.1, 0.15) is 43.2 Å². The van der Waals surface area contributed by atoms with Gasteiger partial charge in [0.05, 0.1) is 18.7 Å². The summed E-state index contributed by atoms with van der Waals surface area (Å²) in [4.78, 5) is 2.37. The van der Waals surface area contributed by atoms with E-state index in [0.29, 0.717) is 13.1 Å². The van der Waals surface area contributed by atoms with Gasteiger partial charge < -0.3 is 9.52 Å². The minimum Gasteiger partial charge on any atom is -0.465 e. The summed E-state index contributed by atoms with van der Waals surface area (Å²) in [6.45, 7) is 4.19. The van der Waals surface area contributed by atoms with Crippen LogP contribution in [0.25, 0.3) is 0 Å². The van der Waals surface area contributed by atoms with Crippen molar-refractivity contribution in [2.45, 2.75) is 51.3 Å². The number of aryl methyl sites for hydroxylation is 1. The van der Waals surface area contributed by atoms with Crippen molar-refractivity contribution >= 4 is 0 Å². The van der Waals surface area contributed by atoms with E-state index in [1.54, 1.807) is 10.9 Å². The number of rotatable bonds is 5. The van der Waals surface area contributed by atoms with E-state index in [2.05, 4.69) is 16.1 Å². The van der Waals surface area contributed by atoms with Crippen LogP contribution in [-0.4, -0.2) is 39.0 Å². The van der Waals surface area contributed by atoms with Crippen LogP contribution in [0.2, 0.25) is 0 Å². The molecule has 2 atom stereocenters. The van der Waals surface area contributed by atoms with Gasteiger partial charge in [-0.3, -0.25) is 9.58 Å². The summed E-state index contributed by atoms with van der Waals surface area (Å²) < 4.78 is 7.64. The Bertz CT molecular complexity index is 564. The highest BCUT2D eigenvalue weighted by Crippen LogP contribution is 2.31. The van der Waals surface area contributed by atoms with Crippen molar-refractivity contribution in [3.63, 3.8) is 0 Å². The number of β-amino-alcohol motifs (C(OH)–C–C–N with tert-alkyl or cyclic N) is 1. The first-order valence-electron chi connectivity index (χ1n) is 8.18. The molecule has 0 radical (unpaired) electrons. The van der Waals surface area contributed by atoms with E-state index in [-0.39, 0.29) is 6.04 Å². The van der Waals surface area contributed by atoms with E-state index in [0.717, 1.165) is 24.5 Å². The van der Waals surface area contributed by atoms with Crippen LogP contribution in [0.3, 0.4) is 0 Å². The van der Waals surface area contributed by atoms with Crippen molar-refractivity contribution in [2.24, 2.45) is 0 Å². The molecular formula is C17H25N3O2. The molecule has 0 aromatic carbocycles. The third-order valence-electron chi connectivity index (χ3n) is 4.36. The maximum atomic E-state index is 10.4. The fourth-order valence-corrected chi connectivity index (χ4v) is 3.29. The lowest BCUT2D eigenvalue weighted by Crippen LogP contribution is -2.37. The molecular weight excluding hydrogens is 278 g/mol. The molecule has 1 aliphatic heterocycles. The topological polar surface area (TPSA) is 54.4 Å². The summed E-state index contributed by atoms with van der Waals surface area (Å²) >= 11 is 0. The van der Waals surface area contributed by atoms with E-state index in [4.69, 9.17) is 4.42 Å². The third kappa shape index (κ3) is 3.78. The molecule has 3 heterocycles. The normalized spacial score (nSPS) is 21.6. The van der Waals surface area contributed by atoms with E-state index in [1.807, 2.05) is 25.3 Å². The molecule has 1 aliphatic rings. The standard InChI is InChI=1S/C17H25N3O2/c1-14-7-8-17(22-14)16-6-3-2-4-10-19(16)12-15(21)13-20-11-5-9-18-20/h5,7-9,11,15-16,21H,2-4,6,10,12-13H2,1H3/t15-,16+/m1/s1. The molecule has 0 aliphatic carbocycles. The Balaban J connectivity index is 1.67. The second-order valence-electron chi connectivity index (χ2n) is 6.19. The summed E-state index contributed by atoms with van der Waals surface area (Å²) in [5, 5.41) is 14.6. The Morgan fingerprint density at radius 1 is 1.32 bits per heavy atom. The smallest absolute Gasteiger partial charge is 0.121 e. The van der Waals surface area contributed by atoms with Gasteiger partial charge in [0, 0.05) is 18.9 Å². The van der Waals surface area contributed by atoms with Crippen molar-refractivity contribution in [1.82, 2.24) is 14.7 Å². The van der Waals surface area contributed by atoms with E-state index >= 15 is 0 Å². The molecule has 0 spiro atoms. The summed E-state index contributed by atoms with van der Waals surface area (Å²) in [7, 11) is 0. The van der Waals surface area contributed by atoms with Crippen molar-refractivity contribution in [3.8, 4) is 0 Å². The molecule has 0 bridgehead atoms. The molecule has 1 saturated heterocycles. The second kappa shape index (κ2) is 7.11. The molecule has 0 unspecified atom stereocenters. The number of aliphatic hydroxyl groups is 1. The van der Waals surface area contributed by atoms with Gasteiger partial charge >= 0.3 is 0 Å². The molecule has 5 heteroatoms. The van der Waals surface area contributed by atoms with Gasteiger partial charge in [0.15, 0.2) is 0 Å². The lowest BCUT2D eigenvalue weighted by molar-refractivity contribution is 0.0677. The zero-order valence-electron chi connectivity index (χ0n) is 13.2. The molecule has 5 nitrogen and oxygen atoms in total. The Morgan fingerprint density at radius 2 is 2.23 bits per heavy atom. The fourth-order valence-electron chi connectivity index (χ4n) is 3.29. The van der Waals surface area contributed by atoms with Gasteiger partial charge in [-0.15, -0.1) is 0 Å². The number of aliphatic hydroxyl groups excluding tert-OH is 1. The molecule has 0 amide bonds. The third-order valence-corrected chi connectivity index (χ3v) is 4.36. The summed E-state index contributed by atoms with van der Waals surface area (Å²) in [5.74, 6) is 1.99. The predicted octanol–water partition coefficient (Wildman–Crippen LogP) is 2.76. The number of hydrogen-bond donors (Lipinski definition) is 1. The van der Waals surface area contributed by atoms with Crippen LogP contribution in [0.4, 0.5) is 0 Å². The van der Waals surface area contributed by atoms with Crippen LogP contribution >= 0.6 is 0 Å². The number of aromatic nitrogens is 2. The lowest BCUT2D eigenvalue weighted by atomic mass is 10.1. The van der Waals surface area contributed by atoms with Crippen LogP contribution in [0.5, 0.6) is 0 Å². The number of nitrogens with zero attached hydrogens (tertiary/aromatic N) is 3. The quantitative estimate of drug-likeness (QED) is 0.923. The van der Waals surface area contributed by atoms with Crippen molar-refractivity contribution in [2.75, 3.05) is 13.1 Å². The van der Waals surface area contributed by atoms with Gasteiger partial charge in [-0.1, -0.05) is 12.8 Å². The molecule has 2 aromatic rings. The van der Waals surface area contributed by atoms with Crippen LogP contribution in [0, 0.1) is 6.92 Å². The maximum Gasteiger partial charge on any atom is 0.121 e. The number of furan rings is 1. The molecule has 1 fully saturated rings. The second-order valence-corrected chi connectivity index (χ2v) is 6.19. The molecule has 3 rings (SSSR count). The number of likely N-dealkylation sites (tertiary alicyclic amines) is 1. The predicted molar refractivity (Wildman–Crippen MR) is 84.5 cm³/mol.